The Morgan fingerprint density at radius 1 is 1.47 bits per heavy atom. The van der Waals surface area contributed by atoms with Crippen molar-refractivity contribution in [3.05, 3.63) is 24.0 Å². The molecule has 1 rings (SSSR count). The van der Waals surface area contributed by atoms with Gasteiger partial charge in [-0.2, -0.15) is 0 Å². The van der Waals surface area contributed by atoms with Gasteiger partial charge in [-0.05, 0) is 31.5 Å². The van der Waals surface area contributed by atoms with Gasteiger partial charge in [0.25, 0.3) is 0 Å². The maximum atomic E-state index is 13.3. The number of benzene rings is 1. The van der Waals surface area contributed by atoms with E-state index in [1.165, 1.54) is 17.8 Å². The monoisotopic (exact) mass is 229 g/mol. The molecule has 4 heteroatoms. The quantitative estimate of drug-likeness (QED) is 0.463. The minimum atomic E-state index is -0.239. The first-order valence-electron chi connectivity index (χ1n) is 4.99. The Labute approximate surface area is 94.0 Å². The molecule has 2 nitrogen and oxygen atoms in total. The van der Waals surface area contributed by atoms with E-state index in [9.17, 15) is 4.39 Å². The van der Waals surface area contributed by atoms with Crippen LogP contribution in [0.5, 0.6) is 0 Å². The van der Waals surface area contributed by atoms with Crippen molar-refractivity contribution in [2.24, 2.45) is 0 Å². The highest BCUT2D eigenvalue weighted by Crippen LogP contribution is 2.23. The Kier molecular flexibility index (Phi) is 5.50. The van der Waals surface area contributed by atoms with Gasteiger partial charge in [-0.3, -0.25) is 0 Å². The van der Waals surface area contributed by atoms with E-state index in [1.54, 1.807) is 12.1 Å². The number of rotatable bonds is 6. The van der Waals surface area contributed by atoms with Gasteiger partial charge in [-0.1, -0.05) is 0 Å². The number of ether oxygens (including phenoxy) is 1. The first-order chi connectivity index (χ1) is 7.24. The fourth-order valence-electron chi connectivity index (χ4n) is 1.12. The van der Waals surface area contributed by atoms with Crippen LogP contribution in [0.4, 0.5) is 10.1 Å². The van der Waals surface area contributed by atoms with Crippen LogP contribution in [0, 0.1) is 5.82 Å². The van der Waals surface area contributed by atoms with Gasteiger partial charge in [-0.25, -0.2) is 4.39 Å². The van der Waals surface area contributed by atoms with Gasteiger partial charge in [0.05, 0.1) is 0 Å². The van der Waals surface area contributed by atoms with Crippen LogP contribution in [0.3, 0.4) is 0 Å². The molecular formula is C11H16FNOS. The minimum Gasteiger partial charge on any atom is -0.399 e. The highest BCUT2D eigenvalue weighted by atomic mass is 32.2. The van der Waals surface area contributed by atoms with E-state index in [0.717, 1.165) is 25.4 Å². The second kappa shape index (κ2) is 6.69. The Bertz CT molecular complexity index is 307. The molecule has 0 spiro atoms. The predicted octanol–water partition coefficient (Wildman–Crippen LogP) is 2.93. The molecule has 0 atom stereocenters. The van der Waals surface area contributed by atoms with E-state index in [-0.39, 0.29) is 5.82 Å². The summed E-state index contributed by atoms with van der Waals surface area (Å²) in [6.07, 6.45) is 0.933. The number of hydrogen-bond donors (Lipinski definition) is 1. The van der Waals surface area contributed by atoms with E-state index in [1.807, 2.05) is 6.92 Å². The standard InChI is InChI=1S/C11H16FNOS/c1-2-14-6-3-7-15-11-5-4-9(13)8-10(11)12/h4-5,8H,2-3,6-7,13H2,1H3. The Morgan fingerprint density at radius 2 is 2.27 bits per heavy atom. The molecule has 0 bridgehead atoms. The Balaban J connectivity index is 2.31. The summed E-state index contributed by atoms with van der Waals surface area (Å²) < 4.78 is 18.5. The smallest absolute Gasteiger partial charge is 0.138 e. The number of thioether (sulfide) groups is 1. The lowest BCUT2D eigenvalue weighted by molar-refractivity contribution is 0.149. The van der Waals surface area contributed by atoms with Crippen molar-refractivity contribution in [1.82, 2.24) is 0 Å². The summed E-state index contributed by atoms with van der Waals surface area (Å²) in [7, 11) is 0. The van der Waals surface area contributed by atoms with Crippen LogP contribution in [0.2, 0.25) is 0 Å². The highest BCUT2D eigenvalue weighted by Gasteiger charge is 2.02. The predicted molar refractivity (Wildman–Crippen MR) is 62.6 cm³/mol. The average Bonchev–Trinajstić information content (AvgIpc) is 2.20. The number of nitrogens with two attached hydrogens (primary N) is 1. The zero-order valence-electron chi connectivity index (χ0n) is 8.83. The van der Waals surface area contributed by atoms with Crippen molar-refractivity contribution < 1.29 is 9.13 Å². The maximum Gasteiger partial charge on any atom is 0.138 e. The zero-order chi connectivity index (χ0) is 11.1. The number of anilines is 1. The van der Waals surface area contributed by atoms with Crippen LogP contribution < -0.4 is 5.73 Å². The molecule has 0 radical (unpaired) electrons. The molecule has 0 aliphatic heterocycles. The molecule has 2 N–H and O–H groups in total. The summed E-state index contributed by atoms with van der Waals surface area (Å²) in [6.45, 7) is 3.44. The highest BCUT2D eigenvalue weighted by molar-refractivity contribution is 7.99. The number of halogens is 1. The molecular weight excluding hydrogens is 213 g/mol. The maximum absolute atomic E-state index is 13.3. The van der Waals surface area contributed by atoms with Gasteiger partial charge < -0.3 is 10.5 Å². The largest absolute Gasteiger partial charge is 0.399 e. The molecule has 1 aromatic carbocycles. The Morgan fingerprint density at radius 3 is 2.93 bits per heavy atom. The van der Waals surface area contributed by atoms with Gasteiger partial charge in [0.2, 0.25) is 0 Å². The summed E-state index contributed by atoms with van der Waals surface area (Å²) >= 11 is 1.50. The minimum absolute atomic E-state index is 0.239. The third-order valence-electron chi connectivity index (χ3n) is 1.85. The van der Waals surface area contributed by atoms with E-state index in [4.69, 9.17) is 10.5 Å². The lowest BCUT2D eigenvalue weighted by Gasteiger charge is -2.04. The summed E-state index contributed by atoms with van der Waals surface area (Å²) in [6, 6.07) is 4.79. The second-order valence-corrected chi connectivity index (χ2v) is 4.23. The molecule has 0 heterocycles. The van der Waals surface area contributed by atoms with E-state index >= 15 is 0 Å². The molecule has 1 aromatic rings. The van der Waals surface area contributed by atoms with Crippen molar-refractivity contribution in [2.75, 3.05) is 24.7 Å². The SMILES string of the molecule is CCOCCCSc1ccc(N)cc1F. The fourth-order valence-corrected chi connectivity index (χ4v) is 1.96. The molecule has 0 amide bonds. The molecule has 0 aliphatic carbocycles. The van der Waals surface area contributed by atoms with Gasteiger partial charge in [0.15, 0.2) is 0 Å². The lowest BCUT2D eigenvalue weighted by atomic mass is 10.3. The Hall–Kier alpha value is -0.740. The first kappa shape index (κ1) is 12.3. The molecule has 84 valence electrons. The topological polar surface area (TPSA) is 35.2 Å². The summed E-state index contributed by atoms with van der Waals surface area (Å²) in [4.78, 5) is 0.653. The number of hydrogen-bond acceptors (Lipinski definition) is 3. The third kappa shape index (κ3) is 4.53. The third-order valence-corrected chi connectivity index (χ3v) is 2.99. The number of nitrogen functional groups attached to an aromatic ring is 1. The van der Waals surface area contributed by atoms with Crippen molar-refractivity contribution in [1.29, 1.82) is 0 Å². The van der Waals surface area contributed by atoms with E-state index in [0.29, 0.717) is 10.6 Å². The molecule has 0 saturated heterocycles. The second-order valence-electron chi connectivity index (χ2n) is 3.09. The van der Waals surface area contributed by atoms with Gasteiger partial charge in [0, 0.05) is 29.5 Å². The molecule has 0 aromatic heterocycles. The molecule has 0 unspecified atom stereocenters. The van der Waals surface area contributed by atoms with Crippen molar-refractivity contribution in [2.45, 2.75) is 18.2 Å². The molecule has 15 heavy (non-hydrogen) atoms. The van der Waals surface area contributed by atoms with Crippen molar-refractivity contribution >= 4 is 17.4 Å². The zero-order valence-corrected chi connectivity index (χ0v) is 9.65. The van der Waals surface area contributed by atoms with E-state index < -0.39 is 0 Å². The van der Waals surface area contributed by atoms with Crippen molar-refractivity contribution in [3.63, 3.8) is 0 Å². The average molecular weight is 229 g/mol. The van der Waals surface area contributed by atoms with E-state index in [2.05, 4.69) is 0 Å². The van der Waals surface area contributed by atoms with Crippen LogP contribution in [-0.2, 0) is 4.74 Å². The normalized spacial score (nSPS) is 10.5. The first-order valence-corrected chi connectivity index (χ1v) is 5.98. The molecule has 0 saturated carbocycles. The van der Waals surface area contributed by atoms with Crippen LogP contribution >= 0.6 is 11.8 Å². The van der Waals surface area contributed by atoms with Crippen LogP contribution in [0.1, 0.15) is 13.3 Å². The van der Waals surface area contributed by atoms with Crippen molar-refractivity contribution in [3.8, 4) is 0 Å². The molecule has 0 aliphatic rings. The van der Waals surface area contributed by atoms with Gasteiger partial charge in [-0.15, -0.1) is 11.8 Å². The molecule has 0 fully saturated rings. The van der Waals surface area contributed by atoms with Gasteiger partial charge >= 0.3 is 0 Å². The summed E-state index contributed by atoms with van der Waals surface area (Å²) in [5.41, 5.74) is 5.92. The van der Waals surface area contributed by atoms with Crippen LogP contribution in [-0.4, -0.2) is 19.0 Å². The lowest BCUT2D eigenvalue weighted by Crippen LogP contribution is -1.95. The summed E-state index contributed by atoms with van der Waals surface area (Å²) in [5, 5.41) is 0. The summed E-state index contributed by atoms with van der Waals surface area (Å²) in [5.74, 6) is 0.623. The van der Waals surface area contributed by atoms with Gasteiger partial charge in [0.1, 0.15) is 5.82 Å². The van der Waals surface area contributed by atoms with Crippen LogP contribution in [0.25, 0.3) is 0 Å². The van der Waals surface area contributed by atoms with Crippen LogP contribution in [0.15, 0.2) is 23.1 Å². The fraction of sp³-hybridized carbons (Fsp3) is 0.455.